The first-order valence-corrected chi connectivity index (χ1v) is 11.6. The molecule has 4 heteroatoms. The van der Waals surface area contributed by atoms with Gasteiger partial charge in [-0.1, -0.05) is 31.1 Å². The number of rotatable bonds is 6. The zero-order valence-corrected chi connectivity index (χ0v) is 17.0. The minimum absolute atomic E-state index is 0.105. The van der Waals surface area contributed by atoms with Gasteiger partial charge in [0.1, 0.15) is 0 Å². The zero-order valence-electron chi connectivity index (χ0n) is 16.2. The number of hydrogen-bond donors (Lipinski definition) is 0. The van der Waals surface area contributed by atoms with Gasteiger partial charge in [-0.25, -0.2) is 0 Å². The van der Waals surface area contributed by atoms with E-state index in [4.69, 9.17) is 0 Å². The van der Waals surface area contributed by atoms with E-state index < -0.39 is 0 Å². The summed E-state index contributed by atoms with van der Waals surface area (Å²) in [5.74, 6) is 2.69. The molecule has 0 amide bonds. The molecule has 1 aromatic carbocycles. The number of hydrogen-bond acceptors (Lipinski definition) is 3. The molecule has 4 aliphatic rings. The maximum absolute atomic E-state index is 13.6. The van der Waals surface area contributed by atoms with Crippen molar-refractivity contribution in [1.82, 2.24) is 4.57 Å². The van der Waals surface area contributed by atoms with Gasteiger partial charge in [0.05, 0.1) is 10.2 Å². The van der Waals surface area contributed by atoms with Gasteiger partial charge < -0.3 is 0 Å². The average molecular weight is 384 g/mol. The normalized spacial score (nSPS) is 31.7. The highest BCUT2D eigenvalue weighted by Gasteiger charge is 2.54. The van der Waals surface area contributed by atoms with Crippen molar-refractivity contribution in [3.05, 3.63) is 33.4 Å². The summed E-state index contributed by atoms with van der Waals surface area (Å²) in [4.78, 5) is 26.2. The topological polar surface area (TPSA) is 39.1 Å². The molecule has 27 heavy (non-hydrogen) atoms. The molecule has 0 aliphatic heterocycles. The smallest absolute Gasteiger partial charge is 0.299 e. The van der Waals surface area contributed by atoms with E-state index in [0.29, 0.717) is 5.78 Å². The molecule has 0 radical (unpaired) electrons. The van der Waals surface area contributed by atoms with E-state index in [9.17, 15) is 9.59 Å². The molecule has 1 heterocycles. The van der Waals surface area contributed by atoms with Gasteiger partial charge in [-0.3, -0.25) is 14.2 Å². The highest BCUT2D eigenvalue weighted by atomic mass is 32.1. The summed E-state index contributed by atoms with van der Waals surface area (Å²) in [6.07, 6.45) is 10.7. The summed E-state index contributed by atoms with van der Waals surface area (Å²) in [6.45, 7) is 2.94. The number of aromatic nitrogens is 1. The van der Waals surface area contributed by atoms with Crippen LogP contribution in [0.15, 0.2) is 23.0 Å². The molecular weight excluding hydrogens is 354 g/mol. The fourth-order valence-corrected chi connectivity index (χ4v) is 7.53. The van der Waals surface area contributed by atoms with Crippen molar-refractivity contribution in [2.75, 3.05) is 0 Å². The molecule has 1 aromatic heterocycles. The Bertz CT molecular complexity index is 902. The molecule has 0 spiro atoms. The van der Waals surface area contributed by atoms with Crippen LogP contribution in [-0.2, 0) is 6.54 Å². The average Bonchev–Trinajstić information content (AvgIpc) is 2.95. The predicted molar refractivity (Wildman–Crippen MR) is 111 cm³/mol. The van der Waals surface area contributed by atoms with Crippen LogP contribution in [0.4, 0.5) is 0 Å². The zero-order chi connectivity index (χ0) is 18.6. The van der Waals surface area contributed by atoms with Gasteiger partial charge in [0.25, 0.3) is 0 Å². The molecule has 4 aliphatic carbocycles. The monoisotopic (exact) mass is 383 g/mol. The number of fused-ring (bicyclic) bond motifs is 1. The summed E-state index contributed by atoms with van der Waals surface area (Å²) in [6, 6.07) is 6.02. The lowest BCUT2D eigenvalue weighted by Gasteiger charge is -2.56. The minimum atomic E-state index is -0.105. The van der Waals surface area contributed by atoms with Crippen LogP contribution in [0, 0.1) is 23.2 Å². The molecule has 4 saturated carbocycles. The maximum Gasteiger partial charge on any atom is 0.308 e. The summed E-state index contributed by atoms with van der Waals surface area (Å²) < 4.78 is 2.91. The number of Topliss-reactive ketones (excluding diaryl/α,β-unsaturated/α-hetero) is 1. The summed E-state index contributed by atoms with van der Waals surface area (Å²) in [7, 11) is 0. The highest BCUT2D eigenvalue weighted by molar-refractivity contribution is 7.16. The Balaban J connectivity index is 1.49. The molecule has 0 saturated heterocycles. The lowest BCUT2D eigenvalue weighted by Crippen LogP contribution is -2.50. The molecule has 0 unspecified atom stereocenters. The van der Waals surface area contributed by atoms with Crippen LogP contribution in [0.3, 0.4) is 0 Å². The molecule has 4 bridgehead atoms. The standard InChI is InChI=1S/C23H29NO2S/c1-2-3-4-7-24-19-11-18(5-6-20(19)27-22(24)26)21(25)23-12-15-8-16(13-23)10-17(9-15)14-23/h5-6,11,15-17H,2-4,7-10,12-14H2,1H3. The fraction of sp³-hybridized carbons (Fsp3) is 0.652. The molecule has 144 valence electrons. The number of carbonyl (C=O) groups excluding carboxylic acids is 1. The Morgan fingerprint density at radius 2 is 1.78 bits per heavy atom. The van der Waals surface area contributed by atoms with Crippen molar-refractivity contribution >= 4 is 27.3 Å². The first-order valence-electron chi connectivity index (χ1n) is 10.8. The van der Waals surface area contributed by atoms with E-state index >= 15 is 0 Å². The van der Waals surface area contributed by atoms with Gasteiger partial charge in [0.2, 0.25) is 0 Å². The number of nitrogens with zero attached hydrogens (tertiary/aromatic N) is 1. The molecule has 0 atom stereocenters. The maximum atomic E-state index is 13.6. The SMILES string of the molecule is CCCCCn1c(=O)sc2ccc(C(=O)C34CC5CC(CC(C5)C3)C4)cc21. The Kier molecular flexibility index (Phi) is 4.30. The van der Waals surface area contributed by atoms with Gasteiger partial charge in [-0.05, 0) is 80.9 Å². The van der Waals surface area contributed by atoms with Crippen molar-refractivity contribution in [1.29, 1.82) is 0 Å². The van der Waals surface area contributed by atoms with Crippen LogP contribution in [0.2, 0.25) is 0 Å². The van der Waals surface area contributed by atoms with Crippen LogP contribution in [-0.4, -0.2) is 10.4 Å². The Labute approximate surface area is 164 Å². The van der Waals surface area contributed by atoms with Gasteiger partial charge in [-0.2, -0.15) is 0 Å². The fourth-order valence-electron chi connectivity index (χ4n) is 6.63. The van der Waals surface area contributed by atoms with E-state index in [1.807, 2.05) is 22.8 Å². The summed E-state index contributed by atoms with van der Waals surface area (Å²) >= 11 is 1.31. The van der Waals surface area contributed by atoms with Crippen molar-refractivity contribution in [2.24, 2.45) is 23.2 Å². The number of carbonyl (C=O) groups is 1. The lowest BCUT2D eigenvalue weighted by molar-refractivity contribution is -0.0353. The Morgan fingerprint density at radius 3 is 2.41 bits per heavy atom. The van der Waals surface area contributed by atoms with Crippen molar-refractivity contribution in [3.8, 4) is 0 Å². The van der Waals surface area contributed by atoms with E-state index in [0.717, 1.165) is 78.6 Å². The number of ketones is 1. The predicted octanol–water partition coefficient (Wildman–Crippen LogP) is 5.65. The Morgan fingerprint density at radius 1 is 1.11 bits per heavy atom. The molecule has 4 fully saturated rings. The van der Waals surface area contributed by atoms with Crippen molar-refractivity contribution in [2.45, 2.75) is 71.3 Å². The molecular formula is C23H29NO2S. The van der Waals surface area contributed by atoms with Crippen LogP contribution in [0.1, 0.15) is 75.1 Å². The van der Waals surface area contributed by atoms with Crippen molar-refractivity contribution in [3.63, 3.8) is 0 Å². The van der Waals surface area contributed by atoms with Crippen molar-refractivity contribution < 1.29 is 4.79 Å². The van der Waals surface area contributed by atoms with Crippen LogP contribution < -0.4 is 4.87 Å². The summed E-state index contributed by atoms with van der Waals surface area (Å²) in [5.41, 5.74) is 1.70. The second-order valence-corrected chi connectivity index (χ2v) is 10.4. The lowest BCUT2D eigenvalue weighted by atomic mass is 9.48. The highest BCUT2D eigenvalue weighted by Crippen LogP contribution is 2.61. The Hall–Kier alpha value is -1.42. The first-order chi connectivity index (χ1) is 13.1. The quantitative estimate of drug-likeness (QED) is 0.477. The molecule has 6 rings (SSSR count). The molecule has 3 nitrogen and oxygen atoms in total. The van der Waals surface area contributed by atoms with E-state index in [2.05, 4.69) is 6.92 Å². The van der Waals surface area contributed by atoms with E-state index in [1.54, 1.807) is 0 Å². The number of thiazole rings is 1. The second kappa shape index (κ2) is 6.58. The van der Waals surface area contributed by atoms with E-state index in [1.165, 1.54) is 30.6 Å². The first kappa shape index (κ1) is 17.7. The number of aryl methyl sites for hydroxylation is 1. The minimum Gasteiger partial charge on any atom is -0.299 e. The molecule has 2 aromatic rings. The third-order valence-corrected chi connectivity index (χ3v) is 8.39. The number of benzene rings is 1. The van der Waals surface area contributed by atoms with Gasteiger partial charge in [0.15, 0.2) is 5.78 Å². The largest absolute Gasteiger partial charge is 0.308 e. The van der Waals surface area contributed by atoms with Crippen LogP contribution >= 0.6 is 11.3 Å². The summed E-state index contributed by atoms with van der Waals surface area (Å²) in [5, 5.41) is 0. The third kappa shape index (κ3) is 2.91. The molecule has 0 N–H and O–H groups in total. The van der Waals surface area contributed by atoms with Gasteiger partial charge in [-0.15, -0.1) is 0 Å². The second-order valence-electron chi connectivity index (χ2n) is 9.44. The van der Waals surface area contributed by atoms with Crippen LogP contribution in [0.25, 0.3) is 10.2 Å². The van der Waals surface area contributed by atoms with Gasteiger partial charge in [0, 0.05) is 17.5 Å². The third-order valence-electron chi connectivity index (χ3n) is 7.43. The van der Waals surface area contributed by atoms with E-state index in [-0.39, 0.29) is 10.3 Å². The number of unbranched alkanes of at least 4 members (excludes halogenated alkanes) is 2. The van der Waals surface area contributed by atoms with Crippen LogP contribution in [0.5, 0.6) is 0 Å². The van der Waals surface area contributed by atoms with Gasteiger partial charge >= 0.3 is 4.87 Å².